The van der Waals surface area contributed by atoms with E-state index >= 15 is 0 Å². The SMILES string of the molecule is CCCN1CCN(CCNCCN2CCN(CCC)CC2)CC1. The second kappa shape index (κ2) is 11.4. The van der Waals surface area contributed by atoms with Crippen LogP contribution >= 0.6 is 0 Å². The highest BCUT2D eigenvalue weighted by atomic mass is 15.3. The minimum absolute atomic E-state index is 1.14. The number of nitrogens with zero attached hydrogens (tertiary/aromatic N) is 4. The van der Waals surface area contributed by atoms with Crippen molar-refractivity contribution in [1.29, 1.82) is 0 Å². The van der Waals surface area contributed by atoms with E-state index in [4.69, 9.17) is 0 Å². The molecule has 0 unspecified atom stereocenters. The van der Waals surface area contributed by atoms with Crippen LogP contribution in [0.5, 0.6) is 0 Å². The monoisotopic (exact) mass is 325 g/mol. The number of rotatable bonds is 10. The second-order valence-electron chi connectivity index (χ2n) is 7.12. The van der Waals surface area contributed by atoms with E-state index in [-0.39, 0.29) is 0 Å². The van der Waals surface area contributed by atoms with E-state index in [0.29, 0.717) is 0 Å². The molecule has 2 saturated heterocycles. The van der Waals surface area contributed by atoms with Crippen LogP contribution in [0.25, 0.3) is 0 Å². The molecule has 0 saturated carbocycles. The summed E-state index contributed by atoms with van der Waals surface area (Å²) in [5, 5.41) is 3.64. The molecule has 23 heavy (non-hydrogen) atoms. The van der Waals surface area contributed by atoms with E-state index in [1.54, 1.807) is 0 Å². The van der Waals surface area contributed by atoms with Crippen LogP contribution in [-0.4, -0.2) is 111 Å². The summed E-state index contributed by atoms with van der Waals surface area (Å²) in [6.45, 7) is 21.9. The third kappa shape index (κ3) is 7.48. The molecule has 0 aromatic rings. The van der Waals surface area contributed by atoms with Gasteiger partial charge < -0.3 is 15.1 Å². The first kappa shape index (κ1) is 19.1. The van der Waals surface area contributed by atoms with Gasteiger partial charge in [-0.05, 0) is 25.9 Å². The van der Waals surface area contributed by atoms with Gasteiger partial charge in [-0.3, -0.25) is 9.80 Å². The van der Waals surface area contributed by atoms with Crippen molar-refractivity contribution in [3.8, 4) is 0 Å². The topological polar surface area (TPSA) is 25.0 Å². The van der Waals surface area contributed by atoms with E-state index in [2.05, 4.69) is 38.8 Å². The van der Waals surface area contributed by atoms with E-state index in [0.717, 1.165) is 13.1 Å². The van der Waals surface area contributed by atoms with Gasteiger partial charge in [-0.15, -0.1) is 0 Å². The van der Waals surface area contributed by atoms with Crippen molar-refractivity contribution in [2.45, 2.75) is 26.7 Å². The lowest BCUT2D eigenvalue weighted by Crippen LogP contribution is -2.49. The molecule has 0 aliphatic carbocycles. The van der Waals surface area contributed by atoms with Crippen LogP contribution in [0, 0.1) is 0 Å². The molecule has 0 radical (unpaired) electrons. The van der Waals surface area contributed by atoms with E-state index in [9.17, 15) is 0 Å². The molecular weight excluding hydrogens is 286 g/mol. The molecule has 2 rings (SSSR count). The summed E-state index contributed by atoms with van der Waals surface area (Å²) < 4.78 is 0. The predicted octanol–water partition coefficient (Wildman–Crippen LogP) is 0.631. The van der Waals surface area contributed by atoms with Gasteiger partial charge in [0.15, 0.2) is 0 Å². The minimum atomic E-state index is 1.14. The van der Waals surface area contributed by atoms with Crippen LogP contribution in [0.3, 0.4) is 0 Å². The molecule has 0 atom stereocenters. The Kier molecular flexibility index (Phi) is 9.46. The number of nitrogens with one attached hydrogen (secondary N) is 1. The van der Waals surface area contributed by atoms with Gasteiger partial charge in [0.1, 0.15) is 0 Å². The maximum atomic E-state index is 3.64. The summed E-state index contributed by atoms with van der Waals surface area (Å²) in [5.74, 6) is 0. The average molecular weight is 326 g/mol. The van der Waals surface area contributed by atoms with Crippen LogP contribution in [0.4, 0.5) is 0 Å². The Bertz CT molecular complexity index is 255. The standard InChI is InChI=1S/C18H39N5/c1-3-7-20-11-15-22(16-12-20)9-5-19-6-10-23-17-13-21(8-4-2)14-18-23/h19H,3-18H2,1-2H3. The van der Waals surface area contributed by atoms with E-state index < -0.39 is 0 Å². The Morgan fingerprint density at radius 1 is 0.522 bits per heavy atom. The van der Waals surface area contributed by atoms with Crippen molar-refractivity contribution in [3.63, 3.8) is 0 Å². The molecule has 0 aromatic heterocycles. The summed E-state index contributed by atoms with van der Waals surface area (Å²) in [4.78, 5) is 10.4. The molecular formula is C18H39N5. The van der Waals surface area contributed by atoms with Crippen molar-refractivity contribution in [2.24, 2.45) is 0 Å². The first-order chi connectivity index (χ1) is 11.3. The molecule has 2 aliphatic heterocycles. The summed E-state index contributed by atoms with van der Waals surface area (Å²) >= 11 is 0. The fraction of sp³-hybridized carbons (Fsp3) is 1.00. The normalized spacial score (nSPS) is 22.7. The van der Waals surface area contributed by atoms with Crippen LogP contribution in [0.15, 0.2) is 0 Å². The highest BCUT2D eigenvalue weighted by Gasteiger charge is 2.16. The van der Waals surface area contributed by atoms with Gasteiger partial charge in [-0.2, -0.15) is 0 Å². The Balaban J connectivity index is 1.43. The zero-order valence-electron chi connectivity index (χ0n) is 15.6. The second-order valence-corrected chi connectivity index (χ2v) is 7.12. The van der Waals surface area contributed by atoms with Gasteiger partial charge in [-0.1, -0.05) is 13.8 Å². The van der Waals surface area contributed by atoms with E-state index in [1.165, 1.54) is 91.4 Å². The third-order valence-corrected chi connectivity index (χ3v) is 5.22. The zero-order chi connectivity index (χ0) is 16.3. The number of hydrogen-bond acceptors (Lipinski definition) is 5. The summed E-state index contributed by atoms with van der Waals surface area (Å²) in [7, 11) is 0. The van der Waals surface area contributed by atoms with Crippen molar-refractivity contribution in [2.75, 3.05) is 91.6 Å². The predicted molar refractivity (Wildman–Crippen MR) is 99.2 cm³/mol. The van der Waals surface area contributed by atoms with Crippen molar-refractivity contribution < 1.29 is 0 Å². The smallest absolute Gasteiger partial charge is 0.0110 e. The minimum Gasteiger partial charge on any atom is -0.314 e. The number of piperazine rings is 2. The fourth-order valence-electron chi connectivity index (χ4n) is 3.70. The van der Waals surface area contributed by atoms with Crippen LogP contribution in [0.2, 0.25) is 0 Å². The molecule has 5 heteroatoms. The molecule has 2 fully saturated rings. The molecule has 1 N–H and O–H groups in total. The first-order valence-corrected chi connectivity index (χ1v) is 9.92. The molecule has 136 valence electrons. The lowest BCUT2D eigenvalue weighted by molar-refractivity contribution is 0.127. The Morgan fingerprint density at radius 2 is 0.826 bits per heavy atom. The van der Waals surface area contributed by atoms with Crippen LogP contribution in [-0.2, 0) is 0 Å². The Hall–Kier alpha value is -0.200. The van der Waals surface area contributed by atoms with Gasteiger partial charge in [0.2, 0.25) is 0 Å². The average Bonchev–Trinajstić information content (AvgIpc) is 2.58. The highest BCUT2D eigenvalue weighted by Crippen LogP contribution is 2.02. The lowest BCUT2D eigenvalue weighted by atomic mass is 10.3. The van der Waals surface area contributed by atoms with Gasteiger partial charge in [0.05, 0.1) is 0 Å². The molecule has 0 aromatic carbocycles. The summed E-state index contributed by atoms with van der Waals surface area (Å²) in [5.41, 5.74) is 0. The van der Waals surface area contributed by atoms with Gasteiger partial charge >= 0.3 is 0 Å². The first-order valence-electron chi connectivity index (χ1n) is 9.92. The van der Waals surface area contributed by atoms with Crippen LogP contribution < -0.4 is 5.32 Å². The molecule has 2 heterocycles. The molecule has 5 nitrogen and oxygen atoms in total. The quantitative estimate of drug-likeness (QED) is 0.594. The van der Waals surface area contributed by atoms with Gasteiger partial charge in [0, 0.05) is 78.5 Å². The van der Waals surface area contributed by atoms with E-state index in [1.807, 2.05) is 0 Å². The summed E-state index contributed by atoms with van der Waals surface area (Å²) in [6, 6.07) is 0. The number of hydrogen-bond donors (Lipinski definition) is 1. The highest BCUT2D eigenvalue weighted by molar-refractivity contribution is 4.74. The largest absolute Gasteiger partial charge is 0.314 e. The lowest BCUT2D eigenvalue weighted by Gasteiger charge is -2.35. The van der Waals surface area contributed by atoms with Crippen LogP contribution in [0.1, 0.15) is 26.7 Å². The fourth-order valence-corrected chi connectivity index (χ4v) is 3.70. The Morgan fingerprint density at radius 3 is 1.13 bits per heavy atom. The molecule has 0 amide bonds. The van der Waals surface area contributed by atoms with Crippen molar-refractivity contribution in [1.82, 2.24) is 24.9 Å². The summed E-state index contributed by atoms with van der Waals surface area (Å²) in [6.07, 6.45) is 2.57. The molecule has 0 bridgehead atoms. The van der Waals surface area contributed by atoms with Gasteiger partial charge in [0.25, 0.3) is 0 Å². The maximum Gasteiger partial charge on any atom is 0.0110 e. The molecule has 2 aliphatic rings. The van der Waals surface area contributed by atoms with Crippen molar-refractivity contribution >= 4 is 0 Å². The zero-order valence-corrected chi connectivity index (χ0v) is 15.6. The third-order valence-electron chi connectivity index (χ3n) is 5.22. The van der Waals surface area contributed by atoms with Crippen molar-refractivity contribution in [3.05, 3.63) is 0 Å². The molecule has 0 spiro atoms. The van der Waals surface area contributed by atoms with Gasteiger partial charge in [-0.25, -0.2) is 0 Å². The Labute approximate surface area is 144 Å². The maximum absolute atomic E-state index is 3.64.